The van der Waals surface area contributed by atoms with Crippen LogP contribution in [0.25, 0.3) is 0 Å². The molecule has 0 amide bonds. The largest absolute Gasteiger partial charge is 0.389 e. The van der Waals surface area contributed by atoms with Crippen molar-refractivity contribution in [3.8, 4) is 0 Å². The number of aliphatic hydroxyl groups excluding tert-OH is 1. The molecule has 4 nitrogen and oxygen atoms in total. The third-order valence-corrected chi connectivity index (χ3v) is 3.33. The van der Waals surface area contributed by atoms with E-state index in [2.05, 4.69) is 10.2 Å². The Kier molecular flexibility index (Phi) is 4.38. The van der Waals surface area contributed by atoms with Crippen LogP contribution < -0.4 is 5.32 Å². The van der Waals surface area contributed by atoms with Crippen molar-refractivity contribution in [2.24, 2.45) is 0 Å². The zero-order valence-corrected chi connectivity index (χ0v) is 9.32. The molecule has 2 aliphatic rings. The monoisotopic (exact) mass is 214 g/mol. The maximum atomic E-state index is 9.52. The van der Waals surface area contributed by atoms with Crippen LogP contribution in [0.15, 0.2) is 0 Å². The third-order valence-electron chi connectivity index (χ3n) is 3.33. The number of piperidine rings is 1. The summed E-state index contributed by atoms with van der Waals surface area (Å²) >= 11 is 0. The number of hydrogen-bond acceptors (Lipinski definition) is 4. The maximum Gasteiger partial charge on any atom is 0.0948 e. The number of nitrogens with zero attached hydrogens (tertiary/aromatic N) is 1. The summed E-state index contributed by atoms with van der Waals surface area (Å²) in [7, 11) is 0. The van der Waals surface area contributed by atoms with Gasteiger partial charge in [-0.15, -0.1) is 0 Å². The van der Waals surface area contributed by atoms with E-state index in [1.807, 2.05) is 0 Å². The Balaban J connectivity index is 1.57. The highest BCUT2D eigenvalue weighted by Gasteiger charge is 2.25. The summed E-state index contributed by atoms with van der Waals surface area (Å²) < 4.78 is 5.19. The van der Waals surface area contributed by atoms with Crippen molar-refractivity contribution in [3.63, 3.8) is 0 Å². The third kappa shape index (κ3) is 3.41. The average molecular weight is 214 g/mol. The van der Waals surface area contributed by atoms with E-state index in [4.69, 9.17) is 4.74 Å². The summed E-state index contributed by atoms with van der Waals surface area (Å²) in [5.41, 5.74) is 0. The molecule has 0 saturated carbocycles. The fraction of sp³-hybridized carbons (Fsp3) is 1.00. The van der Waals surface area contributed by atoms with Gasteiger partial charge in [-0.2, -0.15) is 0 Å². The van der Waals surface area contributed by atoms with Crippen molar-refractivity contribution in [3.05, 3.63) is 0 Å². The number of hydrogen-bond donors (Lipinski definition) is 2. The lowest BCUT2D eigenvalue weighted by molar-refractivity contribution is 0.122. The molecule has 0 aromatic rings. The topological polar surface area (TPSA) is 44.7 Å². The summed E-state index contributed by atoms with van der Waals surface area (Å²) in [6, 6.07) is 0.148. The Hall–Kier alpha value is -0.160. The molecule has 0 spiro atoms. The summed E-state index contributed by atoms with van der Waals surface area (Å²) in [6.45, 7) is 5.69. The van der Waals surface area contributed by atoms with Gasteiger partial charge in [-0.05, 0) is 25.9 Å². The van der Waals surface area contributed by atoms with Crippen molar-refractivity contribution in [2.45, 2.75) is 31.4 Å². The van der Waals surface area contributed by atoms with E-state index < -0.39 is 0 Å². The number of nitrogens with one attached hydrogen (secondary N) is 1. The van der Waals surface area contributed by atoms with Crippen molar-refractivity contribution < 1.29 is 9.84 Å². The number of ether oxygens (including phenoxy) is 1. The predicted molar refractivity (Wildman–Crippen MR) is 58.9 cm³/mol. The second kappa shape index (κ2) is 5.80. The zero-order valence-electron chi connectivity index (χ0n) is 9.32. The molecule has 2 fully saturated rings. The molecule has 2 rings (SSSR count). The van der Waals surface area contributed by atoms with Crippen LogP contribution >= 0.6 is 0 Å². The van der Waals surface area contributed by atoms with Gasteiger partial charge in [0, 0.05) is 13.1 Å². The molecular weight excluding hydrogens is 192 g/mol. The van der Waals surface area contributed by atoms with Gasteiger partial charge in [-0.3, -0.25) is 0 Å². The highest BCUT2D eigenvalue weighted by molar-refractivity contribution is 4.80. The van der Waals surface area contributed by atoms with Crippen LogP contribution in [0, 0.1) is 0 Å². The van der Waals surface area contributed by atoms with Crippen molar-refractivity contribution in [1.29, 1.82) is 0 Å². The van der Waals surface area contributed by atoms with Crippen molar-refractivity contribution in [1.82, 2.24) is 10.2 Å². The Morgan fingerprint density at radius 2 is 2.00 bits per heavy atom. The second-order valence-corrected chi connectivity index (χ2v) is 4.57. The van der Waals surface area contributed by atoms with E-state index in [1.54, 1.807) is 0 Å². The fourth-order valence-corrected chi connectivity index (χ4v) is 2.33. The molecule has 2 unspecified atom stereocenters. The van der Waals surface area contributed by atoms with E-state index in [0.717, 1.165) is 13.1 Å². The Labute approximate surface area is 91.6 Å². The Morgan fingerprint density at radius 3 is 2.67 bits per heavy atom. The van der Waals surface area contributed by atoms with Gasteiger partial charge in [0.1, 0.15) is 0 Å². The highest BCUT2D eigenvalue weighted by Crippen LogP contribution is 2.08. The normalized spacial score (nSPS) is 33.4. The first-order valence-corrected chi connectivity index (χ1v) is 6.08. The summed E-state index contributed by atoms with van der Waals surface area (Å²) in [5, 5.41) is 12.9. The van der Waals surface area contributed by atoms with Crippen LogP contribution in [0.5, 0.6) is 0 Å². The molecule has 0 aromatic heterocycles. The van der Waals surface area contributed by atoms with Gasteiger partial charge >= 0.3 is 0 Å². The van der Waals surface area contributed by atoms with Gasteiger partial charge in [0.2, 0.25) is 0 Å². The standard InChI is InChI=1S/C11H22N2O2/c14-11-9-15-8-10(11)12-4-7-13-5-2-1-3-6-13/h10-12,14H,1-9H2. The van der Waals surface area contributed by atoms with Crippen LogP contribution in [-0.2, 0) is 4.74 Å². The minimum atomic E-state index is -0.314. The molecule has 2 heterocycles. The fourth-order valence-electron chi connectivity index (χ4n) is 2.33. The Morgan fingerprint density at radius 1 is 1.20 bits per heavy atom. The molecule has 2 N–H and O–H groups in total. The van der Waals surface area contributed by atoms with E-state index in [1.165, 1.54) is 32.4 Å². The highest BCUT2D eigenvalue weighted by atomic mass is 16.5. The number of likely N-dealkylation sites (tertiary alicyclic amines) is 1. The second-order valence-electron chi connectivity index (χ2n) is 4.57. The van der Waals surface area contributed by atoms with Gasteiger partial charge in [0.15, 0.2) is 0 Å². The lowest BCUT2D eigenvalue weighted by atomic mass is 10.1. The average Bonchev–Trinajstić information content (AvgIpc) is 2.66. The van der Waals surface area contributed by atoms with E-state index >= 15 is 0 Å². The first-order chi connectivity index (χ1) is 7.36. The molecule has 0 bridgehead atoms. The van der Waals surface area contributed by atoms with Crippen molar-refractivity contribution >= 4 is 0 Å². The molecule has 15 heavy (non-hydrogen) atoms. The van der Waals surface area contributed by atoms with E-state index in [9.17, 15) is 5.11 Å². The molecule has 2 aliphatic heterocycles. The smallest absolute Gasteiger partial charge is 0.0948 e. The minimum Gasteiger partial charge on any atom is -0.389 e. The molecule has 2 saturated heterocycles. The van der Waals surface area contributed by atoms with E-state index in [-0.39, 0.29) is 12.1 Å². The van der Waals surface area contributed by atoms with Gasteiger partial charge in [0.05, 0.1) is 25.4 Å². The molecule has 0 aromatic carbocycles. The maximum absolute atomic E-state index is 9.52. The van der Waals surface area contributed by atoms with Crippen molar-refractivity contribution in [2.75, 3.05) is 39.4 Å². The number of aliphatic hydroxyl groups is 1. The van der Waals surface area contributed by atoms with Gasteiger partial charge in [-0.1, -0.05) is 6.42 Å². The summed E-state index contributed by atoms with van der Waals surface area (Å²) in [6.07, 6.45) is 3.76. The van der Waals surface area contributed by atoms with Crippen LogP contribution in [0.4, 0.5) is 0 Å². The predicted octanol–water partition coefficient (Wildman–Crippen LogP) is -0.178. The van der Waals surface area contributed by atoms with Crippen LogP contribution in [-0.4, -0.2) is 61.5 Å². The summed E-state index contributed by atoms with van der Waals surface area (Å²) in [5.74, 6) is 0. The lowest BCUT2D eigenvalue weighted by Gasteiger charge is -2.27. The first-order valence-electron chi connectivity index (χ1n) is 6.08. The van der Waals surface area contributed by atoms with Crippen LogP contribution in [0.1, 0.15) is 19.3 Å². The van der Waals surface area contributed by atoms with E-state index in [0.29, 0.717) is 13.2 Å². The van der Waals surface area contributed by atoms with Crippen LogP contribution in [0.3, 0.4) is 0 Å². The molecule has 0 radical (unpaired) electrons. The molecule has 4 heteroatoms. The van der Waals surface area contributed by atoms with Gasteiger partial charge in [0.25, 0.3) is 0 Å². The SMILES string of the molecule is OC1COCC1NCCN1CCCCC1. The molecule has 2 atom stereocenters. The zero-order chi connectivity index (χ0) is 10.5. The molecule has 0 aliphatic carbocycles. The quantitative estimate of drug-likeness (QED) is 0.681. The Bertz CT molecular complexity index is 183. The first kappa shape index (κ1) is 11.3. The van der Waals surface area contributed by atoms with Gasteiger partial charge < -0.3 is 20.1 Å². The lowest BCUT2D eigenvalue weighted by Crippen LogP contribution is -2.43. The number of rotatable bonds is 4. The summed E-state index contributed by atoms with van der Waals surface area (Å²) in [4.78, 5) is 2.50. The minimum absolute atomic E-state index is 0.148. The van der Waals surface area contributed by atoms with Gasteiger partial charge in [-0.25, -0.2) is 0 Å². The van der Waals surface area contributed by atoms with Crippen LogP contribution in [0.2, 0.25) is 0 Å². The molecule has 88 valence electrons. The molecular formula is C11H22N2O2.